The van der Waals surface area contributed by atoms with E-state index >= 15 is 0 Å². The standard InChI is InChI=1S/C15H23N3O3S.ClH/c1-10-4-7-13(22(20,21)17-12-5-6-12)8-14(10)15(19)18(3)11(2)9-16;/h4,7-8,11-12,17H,5-6,9,16H2,1-3H3;1H. The van der Waals surface area contributed by atoms with Gasteiger partial charge in [0.25, 0.3) is 5.91 Å². The third-order valence-electron chi connectivity index (χ3n) is 3.97. The van der Waals surface area contributed by atoms with Crippen LogP contribution in [0.5, 0.6) is 0 Å². The van der Waals surface area contributed by atoms with E-state index in [0.29, 0.717) is 12.1 Å². The van der Waals surface area contributed by atoms with Crippen LogP contribution in [0.25, 0.3) is 0 Å². The highest BCUT2D eigenvalue weighted by molar-refractivity contribution is 7.89. The molecule has 0 heterocycles. The molecule has 6 nitrogen and oxygen atoms in total. The third-order valence-corrected chi connectivity index (χ3v) is 5.49. The number of benzene rings is 1. The van der Waals surface area contributed by atoms with E-state index in [-0.39, 0.29) is 35.3 Å². The maximum Gasteiger partial charge on any atom is 0.254 e. The molecule has 1 amide bonds. The molecular weight excluding hydrogens is 338 g/mol. The molecule has 8 heteroatoms. The molecule has 1 aliphatic carbocycles. The Labute approximate surface area is 143 Å². The first-order valence-corrected chi connectivity index (χ1v) is 8.84. The zero-order chi connectivity index (χ0) is 16.5. The summed E-state index contributed by atoms with van der Waals surface area (Å²) in [6, 6.07) is 4.56. The summed E-state index contributed by atoms with van der Waals surface area (Å²) >= 11 is 0. The van der Waals surface area contributed by atoms with Gasteiger partial charge in [0, 0.05) is 31.2 Å². The summed E-state index contributed by atoms with van der Waals surface area (Å²) in [7, 11) is -1.90. The summed E-state index contributed by atoms with van der Waals surface area (Å²) in [5, 5.41) is 0. The molecular formula is C15H24ClN3O3S. The first-order chi connectivity index (χ1) is 10.3. The second kappa shape index (κ2) is 7.61. The maximum absolute atomic E-state index is 12.5. The lowest BCUT2D eigenvalue weighted by Crippen LogP contribution is -2.40. The number of nitrogens with two attached hydrogens (primary N) is 1. The number of aryl methyl sites for hydroxylation is 1. The Morgan fingerprint density at radius 2 is 2.04 bits per heavy atom. The molecule has 1 atom stereocenters. The predicted octanol–water partition coefficient (Wildman–Crippen LogP) is 1.28. The molecule has 130 valence electrons. The first kappa shape index (κ1) is 19.9. The van der Waals surface area contributed by atoms with Crippen molar-refractivity contribution in [1.29, 1.82) is 0 Å². The Morgan fingerprint density at radius 1 is 1.43 bits per heavy atom. The number of carbonyl (C=O) groups is 1. The molecule has 2 rings (SSSR count). The molecule has 3 N–H and O–H groups in total. The molecule has 1 aliphatic rings. The molecule has 0 aromatic heterocycles. The van der Waals surface area contributed by atoms with Crippen LogP contribution in [0.4, 0.5) is 0 Å². The number of nitrogens with one attached hydrogen (secondary N) is 1. The average Bonchev–Trinajstić information content (AvgIpc) is 3.28. The van der Waals surface area contributed by atoms with Crippen molar-refractivity contribution in [3.05, 3.63) is 29.3 Å². The summed E-state index contributed by atoms with van der Waals surface area (Å²) in [6.45, 7) is 3.99. The molecule has 1 saturated carbocycles. The van der Waals surface area contributed by atoms with E-state index in [1.807, 2.05) is 6.92 Å². The van der Waals surface area contributed by atoms with E-state index in [4.69, 9.17) is 5.73 Å². The summed E-state index contributed by atoms with van der Waals surface area (Å²) in [4.78, 5) is 14.2. The minimum Gasteiger partial charge on any atom is -0.338 e. The summed E-state index contributed by atoms with van der Waals surface area (Å²) < 4.78 is 27.2. The molecule has 0 radical (unpaired) electrons. The van der Waals surface area contributed by atoms with Crippen molar-refractivity contribution >= 4 is 28.3 Å². The lowest BCUT2D eigenvalue weighted by atomic mass is 10.1. The van der Waals surface area contributed by atoms with Gasteiger partial charge in [-0.3, -0.25) is 4.79 Å². The van der Waals surface area contributed by atoms with Gasteiger partial charge in [0.05, 0.1) is 4.90 Å². The van der Waals surface area contributed by atoms with Crippen molar-refractivity contribution < 1.29 is 13.2 Å². The fourth-order valence-corrected chi connectivity index (χ4v) is 3.37. The van der Waals surface area contributed by atoms with E-state index in [2.05, 4.69) is 4.72 Å². The first-order valence-electron chi connectivity index (χ1n) is 7.36. The Hall–Kier alpha value is -1.15. The Morgan fingerprint density at radius 3 is 2.57 bits per heavy atom. The Bertz CT molecular complexity index is 675. The number of likely N-dealkylation sites (N-methyl/N-ethyl adjacent to an activating group) is 1. The second-order valence-corrected chi connectivity index (χ2v) is 7.59. The topological polar surface area (TPSA) is 92.5 Å². The molecule has 23 heavy (non-hydrogen) atoms. The van der Waals surface area contributed by atoms with Crippen molar-refractivity contribution in [3.63, 3.8) is 0 Å². The van der Waals surface area contributed by atoms with Crippen LogP contribution in [-0.4, -0.2) is 44.9 Å². The van der Waals surface area contributed by atoms with E-state index in [1.165, 1.54) is 17.0 Å². The molecule has 1 aromatic carbocycles. The number of hydrogen-bond acceptors (Lipinski definition) is 4. The smallest absolute Gasteiger partial charge is 0.254 e. The minimum absolute atomic E-state index is 0. The molecule has 1 aromatic rings. The normalized spacial score (nSPS) is 15.7. The van der Waals surface area contributed by atoms with Crippen molar-refractivity contribution in [1.82, 2.24) is 9.62 Å². The highest BCUT2D eigenvalue weighted by Gasteiger charge is 2.29. The second-order valence-electron chi connectivity index (χ2n) is 5.87. The van der Waals surface area contributed by atoms with Gasteiger partial charge in [-0.1, -0.05) is 6.07 Å². The monoisotopic (exact) mass is 361 g/mol. The van der Waals surface area contributed by atoms with Crippen LogP contribution < -0.4 is 10.5 Å². The highest BCUT2D eigenvalue weighted by Crippen LogP contribution is 2.23. The van der Waals surface area contributed by atoms with Crippen LogP contribution in [0, 0.1) is 6.92 Å². The number of halogens is 1. The van der Waals surface area contributed by atoms with E-state index in [9.17, 15) is 13.2 Å². The van der Waals surface area contributed by atoms with Crippen molar-refractivity contribution in [2.24, 2.45) is 5.73 Å². The predicted molar refractivity (Wildman–Crippen MR) is 92.4 cm³/mol. The summed E-state index contributed by atoms with van der Waals surface area (Å²) in [5.41, 5.74) is 6.72. The Balaban J connectivity index is 0.00000264. The van der Waals surface area contributed by atoms with Crippen molar-refractivity contribution in [3.8, 4) is 0 Å². The fourth-order valence-electron chi connectivity index (χ4n) is 2.04. The summed E-state index contributed by atoms with van der Waals surface area (Å²) in [5.74, 6) is -0.223. The molecule has 0 bridgehead atoms. The van der Waals surface area contributed by atoms with Crippen LogP contribution in [0.2, 0.25) is 0 Å². The van der Waals surface area contributed by atoms with Gasteiger partial charge >= 0.3 is 0 Å². The number of rotatable bonds is 6. The lowest BCUT2D eigenvalue weighted by molar-refractivity contribution is 0.0747. The molecule has 0 saturated heterocycles. The number of amides is 1. The van der Waals surface area contributed by atoms with Gasteiger partial charge in [-0.25, -0.2) is 13.1 Å². The molecule has 0 spiro atoms. The van der Waals surface area contributed by atoms with Crippen LogP contribution in [0.15, 0.2) is 23.1 Å². The van der Waals surface area contributed by atoms with Gasteiger partial charge in [-0.2, -0.15) is 0 Å². The van der Waals surface area contributed by atoms with Crippen LogP contribution in [0.1, 0.15) is 35.7 Å². The van der Waals surface area contributed by atoms with Crippen molar-refractivity contribution in [2.75, 3.05) is 13.6 Å². The fraction of sp³-hybridized carbons (Fsp3) is 0.533. The van der Waals surface area contributed by atoms with Gasteiger partial charge < -0.3 is 10.6 Å². The van der Waals surface area contributed by atoms with Gasteiger partial charge in [0.2, 0.25) is 10.0 Å². The van der Waals surface area contributed by atoms with Crippen molar-refractivity contribution in [2.45, 2.75) is 43.7 Å². The van der Waals surface area contributed by atoms with E-state index < -0.39 is 10.0 Å². The molecule has 0 aliphatic heterocycles. The number of sulfonamides is 1. The van der Waals surface area contributed by atoms with Gasteiger partial charge in [-0.15, -0.1) is 12.4 Å². The zero-order valence-corrected chi connectivity index (χ0v) is 15.2. The molecule has 1 unspecified atom stereocenters. The number of nitrogens with zero attached hydrogens (tertiary/aromatic N) is 1. The quantitative estimate of drug-likeness (QED) is 0.798. The summed E-state index contributed by atoms with van der Waals surface area (Å²) in [6.07, 6.45) is 1.74. The van der Waals surface area contributed by atoms with Gasteiger partial charge in [-0.05, 0) is 44.4 Å². The van der Waals surface area contributed by atoms with E-state index in [0.717, 1.165) is 18.4 Å². The number of carbonyl (C=O) groups excluding carboxylic acids is 1. The van der Waals surface area contributed by atoms with Gasteiger partial charge in [0.1, 0.15) is 0 Å². The third kappa shape index (κ3) is 4.67. The van der Waals surface area contributed by atoms with Crippen LogP contribution in [-0.2, 0) is 10.0 Å². The lowest BCUT2D eigenvalue weighted by Gasteiger charge is -2.24. The molecule has 1 fully saturated rings. The van der Waals surface area contributed by atoms with Gasteiger partial charge in [0.15, 0.2) is 0 Å². The minimum atomic E-state index is -3.57. The Kier molecular flexibility index (Phi) is 6.59. The highest BCUT2D eigenvalue weighted by atomic mass is 35.5. The average molecular weight is 362 g/mol. The van der Waals surface area contributed by atoms with Crippen LogP contribution >= 0.6 is 12.4 Å². The maximum atomic E-state index is 12.5. The van der Waals surface area contributed by atoms with E-state index in [1.54, 1.807) is 20.0 Å². The SMILES string of the molecule is Cc1ccc(S(=O)(=O)NC2CC2)cc1C(=O)N(C)C(C)CN.Cl. The zero-order valence-electron chi connectivity index (χ0n) is 13.6. The number of hydrogen-bond donors (Lipinski definition) is 2. The largest absolute Gasteiger partial charge is 0.338 e. The van der Waals surface area contributed by atoms with Crippen LogP contribution in [0.3, 0.4) is 0 Å².